The molecule has 0 radical (unpaired) electrons. The van der Waals surface area contributed by atoms with Gasteiger partial charge >= 0.3 is 11.9 Å². The first-order valence-corrected chi connectivity index (χ1v) is 3.29. The van der Waals surface area contributed by atoms with Crippen LogP contribution in [0.5, 0.6) is 0 Å². The first-order chi connectivity index (χ1) is 5.20. The van der Waals surface area contributed by atoms with E-state index in [9.17, 15) is 9.59 Å². The highest BCUT2D eigenvalue weighted by Crippen LogP contribution is 2.06. The van der Waals surface area contributed by atoms with Gasteiger partial charge in [0.1, 0.15) is 18.2 Å². The van der Waals surface area contributed by atoms with Crippen LogP contribution in [0.1, 0.15) is 0 Å². The normalized spacial score (nSPS) is 23.9. The van der Waals surface area contributed by atoms with Crippen molar-refractivity contribution >= 4 is 23.5 Å². The smallest absolute Gasteiger partial charge is 0.350 e. The SMILES string of the molecule is O=C1/C=C(\Cl)C(=O)OCCO1. The molecule has 0 aromatic rings. The molecule has 60 valence electrons. The van der Waals surface area contributed by atoms with Crippen LogP contribution in [-0.2, 0) is 19.1 Å². The third-order valence-corrected chi connectivity index (χ3v) is 1.26. The molecule has 0 atom stereocenters. The zero-order valence-electron chi connectivity index (χ0n) is 5.50. The van der Waals surface area contributed by atoms with Gasteiger partial charge in [-0.1, -0.05) is 11.6 Å². The van der Waals surface area contributed by atoms with Gasteiger partial charge in [0.25, 0.3) is 0 Å². The van der Waals surface area contributed by atoms with Crippen molar-refractivity contribution in [1.29, 1.82) is 0 Å². The molecule has 1 rings (SSSR count). The number of cyclic esters (lactones) is 2. The average Bonchev–Trinajstić information content (AvgIpc) is 1.95. The van der Waals surface area contributed by atoms with Crippen molar-refractivity contribution in [3.05, 3.63) is 11.1 Å². The number of esters is 2. The second-order valence-electron chi connectivity index (χ2n) is 1.80. The Morgan fingerprint density at radius 3 is 2.64 bits per heavy atom. The topological polar surface area (TPSA) is 52.6 Å². The molecule has 0 amide bonds. The third-order valence-electron chi connectivity index (χ3n) is 1.00. The van der Waals surface area contributed by atoms with Crippen molar-refractivity contribution in [2.45, 2.75) is 0 Å². The minimum Gasteiger partial charge on any atom is -0.459 e. The van der Waals surface area contributed by atoms with Gasteiger partial charge < -0.3 is 9.47 Å². The summed E-state index contributed by atoms with van der Waals surface area (Å²) in [5.74, 6) is -1.31. The summed E-state index contributed by atoms with van der Waals surface area (Å²) in [6, 6.07) is 0. The maximum atomic E-state index is 10.7. The van der Waals surface area contributed by atoms with Gasteiger partial charge in [-0.3, -0.25) is 0 Å². The quantitative estimate of drug-likeness (QED) is 0.495. The molecule has 0 saturated carbocycles. The molecule has 1 aliphatic heterocycles. The zero-order chi connectivity index (χ0) is 8.27. The molecular weight excluding hydrogens is 172 g/mol. The van der Waals surface area contributed by atoms with Crippen molar-refractivity contribution in [2.24, 2.45) is 0 Å². The predicted octanol–water partition coefficient (Wildman–Crippen LogP) is 0.209. The summed E-state index contributed by atoms with van der Waals surface area (Å²) < 4.78 is 9.05. The molecule has 11 heavy (non-hydrogen) atoms. The number of rotatable bonds is 0. The lowest BCUT2D eigenvalue weighted by Gasteiger charge is -2.07. The molecule has 0 aromatic carbocycles. The number of halogens is 1. The average molecular weight is 177 g/mol. The van der Waals surface area contributed by atoms with E-state index in [2.05, 4.69) is 9.47 Å². The van der Waals surface area contributed by atoms with Gasteiger partial charge in [0.05, 0.1) is 0 Å². The fourth-order valence-corrected chi connectivity index (χ4v) is 0.693. The van der Waals surface area contributed by atoms with E-state index in [0.717, 1.165) is 6.08 Å². The molecule has 0 aliphatic carbocycles. The molecule has 0 aromatic heterocycles. The Labute approximate surface area is 67.7 Å². The Balaban J connectivity index is 2.75. The second kappa shape index (κ2) is 3.39. The fourth-order valence-electron chi connectivity index (χ4n) is 0.550. The minimum absolute atomic E-state index is 0.0502. The summed E-state index contributed by atoms with van der Waals surface area (Å²) in [7, 11) is 0. The van der Waals surface area contributed by atoms with E-state index in [-0.39, 0.29) is 18.2 Å². The van der Waals surface area contributed by atoms with E-state index < -0.39 is 11.9 Å². The molecule has 0 fully saturated rings. The Morgan fingerprint density at radius 1 is 1.27 bits per heavy atom. The predicted molar refractivity (Wildman–Crippen MR) is 35.9 cm³/mol. The number of hydrogen-bond donors (Lipinski definition) is 0. The van der Waals surface area contributed by atoms with Crippen LogP contribution < -0.4 is 0 Å². The van der Waals surface area contributed by atoms with Crippen LogP contribution in [0.25, 0.3) is 0 Å². The van der Waals surface area contributed by atoms with Crippen LogP contribution in [0.4, 0.5) is 0 Å². The summed E-state index contributed by atoms with van der Waals surface area (Å²) in [6.07, 6.45) is 0.892. The number of hydrogen-bond acceptors (Lipinski definition) is 4. The van der Waals surface area contributed by atoms with E-state index in [4.69, 9.17) is 11.6 Å². The number of carbonyl (C=O) groups is 2. The number of carbonyl (C=O) groups excluding carboxylic acids is 2. The van der Waals surface area contributed by atoms with E-state index >= 15 is 0 Å². The van der Waals surface area contributed by atoms with E-state index in [1.165, 1.54) is 0 Å². The van der Waals surface area contributed by atoms with Gasteiger partial charge in [0.2, 0.25) is 0 Å². The highest BCUT2D eigenvalue weighted by atomic mass is 35.5. The lowest BCUT2D eigenvalue weighted by atomic mass is 10.5. The third kappa shape index (κ3) is 2.23. The van der Waals surface area contributed by atoms with Crippen LogP contribution in [0.15, 0.2) is 11.1 Å². The van der Waals surface area contributed by atoms with Crippen molar-refractivity contribution in [2.75, 3.05) is 13.2 Å². The van der Waals surface area contributed by atoms with Crippen LogP contribution >= 0.6 is 11.6 Å². The standard InChI is InChI=1S/C6H5ClO4/c7-4-3-5(8)10-1-2-11-6(4)9/h3H,1-2H2/b4-3-. The van der Waals surface area contributed by atoms with Crippen LogP contribution in [0.2, 0.25) is 0 Å². The molecule has 5 heteroatoms. The van der Waals surface area contributed by atoms with E-state index in [1.807, 2.05) is 0 Å². The molecule has 0 N–H and O–H groups in total. The molecular formula is C6H5ClO4. The largest absolute Gasteiger partial charge is 0.459 e. The minimum atomic E-state index is -0.691. The van der Waals surface area contributed by atoms with Gasteiger partial charge in [0, 0.05) is 6.08 Å². The molecule has 0 saturated heterocycles. The summed E-state index contributed by atoms with van der Waals surface area (Å²) in [6.45, 7) is 0.125. The van der Waals surface area contributed by atoms with Gasteiger partial charge in [-0.25, -0.2) is 9.59 Å². The second-order valence-corrected chi connectivity index (χ2v) is 2.20. The van der Waals surface area contributed by atoms with Gasteiger partial charge in [-0.15, -0.1) is 0 Å². The Kier molecular flexibility index (Phi) is 2.48. The maximum Gasteiger partial charge on any atom is 0.350 e. The Hall–Kier alpha value is -1.03. The first-order valence-electron chi connectivity index (χ1n) is 2.91. The summed E-state index contributed by atoms with van der Waals surface area (Å²) in [5, 5.41) is -0.255. The Morgan fingerprint density at radius 2 is 1.91 bits per heavy atom. The lowest BCUT2D eigenvalue weighted by molar-refractivity contribution is -0.148. The highest BCUT2D eigenvalue weighted by molar-refractivity contribution is 6.42. The van der Waals surface area contributed by atoms with Crippen molar-refractivity contribution in [3.63, 3.8) is 0 Å². The zero-order valence-corrected chi connectivity index (χ0v) is 6.26. The van der Waals surface area contributed by atoms with Crippen LogP contribution in [0.3, 0.4) is 0 Å². The highest BCUT2D eigenvalue weighted by Gasteiger charge is 2.13. The molecule has 1 aliphatic rings. The summed E-state index contributed by atoms with van der Waals surface area (Å²) in [4.78, 5) is 21.3. The van der Waals surface area contributed by atoms with E-state index in [1.54, 1.807) is 0 Å². The van der Waals surface area contributed by atoms with Crippen LogP contribution in [0, 0.1) is 0 Å². The fraction of sp³-hybridized carbons (Fsp3) is 0.333. The van der Waals surface area contributed by atoms with Crippen LogP contribution in [-0.4, -0.2) is 25.2 Å². The summed E-state index contributed by atoms with van der Waals surface area (Å²) in [5.41, 5.74) is 0. The molecule has 4 nitrogen and oxygen atoms in total. The molecule has 0 spiro atoms. The van der Waals surface area contributed by atoms with E-state index in [0.29, 0.717) is 0 Å². The molecule has 0 bridgehead atoms. The van der Waals surface area contributed by atoms with Crippen molar-refractivity contribution in [3.8, 4) is 0 Å². The molecule has 1 heterocycles. The molecule has 0 unspecified atom stereocenters. The monoisotopic (exact) mass is 176 g/mol. The van der Waals surface area contributed by atoms with Crippen molar-refractivity contribution in [1.82, 2.24) is 0 Å². The Bertz CT molecular complexity index is 221. The van der Waals surface area contributed by atoms with Gasteiger partial charge in [0.15, 0.2) is 0 Å². The maximum absolute atomic E-state index is 10.7. The number of ether oxygens (including phenoxy) is 2. The summed E-state index contributed by atoms with van der Waals surface area (Å²) >= 11 is 5.32. The van der Waals surface area contributed by atoms with Gasteiger partial charge in [-0.05, 0) is 0 Å². The first kappa shape index (κ1) is 8.07. The lowest BCUT2D eigenvalue weighted by Crippen LogP contribution is -2.17. The van der Waals surface area contributed by atoms with Crippen molar-refractivity contribution < 1.29 is 19.1 Å². The van der Waals surface area contributed by atoms with Gasteiger partial charge in [-0.2, -0.15) is 0 Å².